The first-order valence-corrected chi connectivity index (χ1v) is 5.40. The van der Waals surface area contributed by atoms with Crippen molar-refractivity contribution < 1.29 is 18.3 Å². The van der Waals surface area contributed by atoms with Crippen molar-refractivity contribution >= 4 is 17.6 Å². The molecule has 0 amide bonds. The lowest BCUT2D eigenvalue weighted by molar-refractivity contribution is -0.139. The Balaban J connectivity index is 3.28. The zero-order valence-corrected chi connectivity index (χ0v) is 10.2. The smallest absolute Gasteiger partial charge is 0.311 e. The van der Waals surface area contributed by atoms with Crippen molar-refractivity contribution in [3.8, 4) is 6.07 Å². The molecule has 0 bridgehead atoms. The third kappa shape index (κ3) is 3.14. The first-order valence-electron chi connectivity index (χ1n) is 4.87. The zero-order valence-electron chi connectivity index (χ0n) is 9.41. The van der Waals surface area contributed by atoms with E-state index in [0.717, 1.165) is 0 Å². The fourth-order valence-corrected chi connectivity index (χ4v) is 1.66. The summed E-state index contributed by atoms with van der Waals surface area (Å²) in [7, 11) is 1.18. The Hall–Kier alpha value is -1.74. The van der Waals surface area contributed by atoms with Crippen LogP contribution in [0.3, 0.4) is 0 Å². The van der Waals surface area contributed by atoms with E-state index >= 15 is 0 Å². The van der Waals surface area contributed by atoms with Gasteiger partial charge < -0.3 is 4.74 Å². The van der Waals surface area contributed by atoms with Gasteiger partial charge >= 0.3 is 5.97 Å². The van der Waals surface area contributed by atoms with Crippen LogP contribution in [-0.4, -0.2) is 18.1 Å². The van der Waals surface area contributed by atoms with E-state index in [1.54, 1.807) is 6.07 Å². The summed E-state index contributed by atoms with van der Waals surface area (Å²) in [5.41, 5.74) is -0.525. The Morgan fingerprint density at radius 2 is 2.33 bits per heavy atom. The van der Waals surface area contributed by atoms with Gasteiger partial charge in [-0.05, 0) is 6.07 Å². The van der Waals surface area contributed by atoms with Gasteiger partial charge in [0, 0.05) is 5.56 Å². The van der Waals surface area contributed by atoms with Gasteiger partial charge in [0.2, 0.25) is 0 Å². The number of carbonyl (C=O) groups excluding carboxylic acids is 1. The average molecular weight is 275 g/mol. The molecule has 0 aliphatic heterocycles. The van der Waals surface area contributed by atoms with Gasteiger partial charge in [-0.15, -0.1) is 11.6 Å². The summed E-state index contributed by atoms with van der Waals surface area (Å²) in [6.07, 6.45) is -3.13. The molecule has 0 radical (unpaired) electrons. The number of aromatic nitrogens is 1. The number of hydrogen-bond donors (Lipinski definition) is 0. The number of pyridine rings is 1. The number of methoxy groups -OCH3 is 1. The fourth-order valence-electron chi connectivity index (χ4n) is 1.38. The number of rotatable bonds is 4. The number of halogens is 3. The van der Waals surface area contributed by atoms with Crippen LogP contribution in [0.25, 0.3) is 0 Å². The van der Waals surface area contributed by atoms with Crippen LogP contribution >= 0.6 is 11.6 Å². The molecule has 0 N–H and O–H groups in total. The predicted octanol–water partition coefficient (Wildman–Crippen LogP) is 2.35. The lowest BCUT2D eigenvalue weighted by Crippen LogP contribution is -2.10. The van der Waals surface area contributed by atoms with Crippen molar-refractivity contribution in [1.82, 2.24) is 4.98 Å². The SMILES string of the molecule is COC(=O)Cc1cc(C#N)c(CCl)c(C(F)F)n1. The first kappa shape index (κ1) is 14.3. The van der Waals surface area contributed by atoms with E-state index in [1.807, 2.05) is 0 Å². The molecule has 0 unspecified atom stereocenters. The highest BCUT2D eigenvalue weighted by atomic mass is 35.5. The van der Waals surface area contributed by atoms with Crippen LogP contribution in [0.1, 0.15) is 28.9 Å². The van der Waals surface area contributed by atoms with E-state index in [9.17, 15) is 13.6 Å². The third-order valence-electron chi connectivity index (χ3n) is 2.22. The van der Waals surface area contributed by atoms with Crippen LogP contribution in [0, 0.1) is 11.3 Å². The molecule has 1 rings (SSSR count). The van der Waals surface area contributed by atoms with Crippen molar-refractivity contribution in [2.45, 2.75) is 18.7 Å². The zero-order chi connectivity index (χ0) is 13.7. The van der Waals surface area contributed by atoms with Gasteiger partial charge in [0.05, 0.1) is 36.7 Å². The molecule has 4 nitrogen and oxygen atoms in total. The highest BCUT2D eigenvalue weighted by Gasteiger charge is 2.20. The third-order valence-corrected chi connectivity index (χ3v) is 2.49. The first-order chi connectivity index (χ1) is 8.53. The van der Waals surface area contributed by atoms with E-state index in [1.165, 1.54) is 13.2 Å². The molecular weight excluding hydrogens is 266 g/mol. The van der Waals surface area contributed by atoms with Gasteiger partial charge in [0.25, 0.3) is 6.43 Å². The van der Waals surface area contributed by atoms with Gasteiger partial charge in [0.15, 0.2) is 0 Å². The fraction of sp³-hybridized carbons (Fsp3) is 0.364. The minimum atomic E-state index is -2.86. The summed E-state index contributed by atoms with van der Waals surface area (Å²) < 4.78 is 30.0. The average Bonchev–Trinajstić information content (AvgIpc) is 2.37. The summed E-state index contributed by atoms with van der Waals surface area (Å²) in [5, 5.41) is 8.87. The highest BCUT2D eigenvalue weighted by Crippen LogP contribution is 2.25. The van der Waals surface area contributed by atoms with Crippen molar-refractivity contribution in [3.05, 3.63) is 28.6 Å². The second-order valence-electron chi connectivity index (χ2n) is 3.32. The monoisotopic (exact) mass is 274 g/mol. The quantitative estimate of drug-likeness (QED) is 0.624. The Bertz CT molecular complexity index is 501. The molecule has 0 saturated carbocycles. The number of ether oxygens (including phenoxy) is 1. The van der Waals surface area contributed by atoms with Gasteiger partial charge in [0.1, 0.15) is 5.69 Å². The number of esters is 1. The van der Waals surface area contributed by atoms with E-state index in [-0.39, 0.29) is 29.1 Å². The number of nitriles is 1. The standard InChI is InChI=1S/C11H9ClF2N2O2/c1-18-9(17)3-7-2-6(5-15)8(4-12)10(16-7)11(13)14/h2,11H,3-4H2,1H3. The van der Waals surface area contributed by atoms with Gasteiger partial charge in [-0.3, -0.25) is 9.78 Å². The Kier molecular flexibility index (Phi) is 4.98. The maximum Gasteiger partial charge on any atom is 0.311 e. The largest absolute Gasteiger partial charge is 0.469 e. The highest BCUT2D eigenvalue weighted by molar-refractivity contribution is 6.17. The maximum atomic E-state index is 12.8. The molecule has 1 aromatic heterocycles. The lowest BCUT2D eigenvalue weighted by atomic mass is 10.1. The summed E-state index contributed by atoms with van der Waals surface area (Å²) in [6.45, 7) is 0. The van der Waals surface area contributed by atoms with Crippen LogP contribution in [0.4, 0.5) is 8.78 Å². The van der Waals surface area contributed by atoms with Crippen LogP contribution in [-0.2, 0) is 21.8 Å². The van der Waals surface area contributed by atoms with Crippen molar-refractivity contribution in [2.75, 3.05) is 7.11 Å². The summed E-state index contributed by atoms with van der Waals surface area (Å²) in [6, 6.07) is 3.03. The van der Waals surface area contributed by atoms with Crippen molar-refractivity contribution in [3.63, 3.8) is 0 Å². The summed E-state index contributed by atoms with van der Waals surface area (Å²) in [5.74, 6) is -0.862. The second kappa shape index (κ2) is 6.26. The molecule has 0 aliphatic rings. The van der Waals surface area contributed by atoms with Crippen LogP contribution in [0.2, 0.25) is 0 Å². The minimum absolute atomic E-state index is 0.00537. The van der Waals surface area contributed by atoms with Gasteiger partial charge in [-0.2, -0.15) is 5.26 Å². The van der Waals surface area contributed by atoms with Crippen LogP contribution < -0.4 is 0 Å². The molecule has 1 aromatic rings. The molecule has 7 heteroatoms. The molecular formula is C11H9ClF2N2O2. The lowest BCUT2D eigenvalue weighted by Gasteiger charge is -2.09. The normalized spacial score (nSPS) is 10.2. The number of alkyl halides is 3. The number of nitrogens with zero attached hydrogens (tertiary/aromatic N) is 2. The molecule has 18 heavy (non-hydrogen) atoms. The molecule has 0 spiro atoms. The van der Waals surface area contributed by atoms with Crippen LogP contribution in [0.5, 0.6) is 0 Å². The van der Waals surface area contributed by atoms with Gasteiger partial charge in [-0.25, -0.2) is 8.78 Å². The van der Waals surface area contributed by atoms with E-state index < -0.39 is 18.1 Å². The Morgan fingerprint density at radius 1 is 1.67 bits per heavy atom. The molecule has 0 saturated heterocycles. The minimum Gasteiger partial charge on any atom is -0.469 e. The van der Waals surface area contributed by atoms with E-state index in [4.69, 9.17) is 16.9 Å². The topological polar surface area (TPSA) is 63.0 Å². The van der Waals surface area contributed by atoms with Crippen LogP contribution in [0.15, 0.2) is 6.07 Å². The summed E-state index contributed by atoms with van der Waals surface area (Å²) in [4.78, 5) is 14.7. The van der Waals surface area contributed by atoms with E-state index in [2.05, 4.69) is 9.72 Å². The molecule has 0 aromatic carbocycles. The predicted molar refractivity (Wildman–Crippen MR) is 59.2 cm³/mol. The van der Waals surface area contributed by atoms with Crippen molar-refractivity contribution in [1.29, 1.82) is 5.26 Å². The Morgan fingerprint density at radius 3 is 2.78 bits per heavy atom. The van der Waals surface area contributed by atoms with E-state index in [0.29, 0.717) is 0 Å². The summed E-state index contributed by atoms with van der Waals surface area (Å²) >= 11 is 5.53. The molecule has 96 valence electrons. The molecule has 0 fully saturated rings. The molecule has 0 aliphatic carbocycles. The molecule has 1 heterocycles. The maximum absolute atomic E-state index is 12.8. The number of carbonyl (C=O) groups is 1. The van der Waals surface area contributed by atoms with Crippen molar-refractivity contribution in [2.24, 2.45) is 0 Å². The second-order valence-corrected chi connectivity index (χ2v) is 3.59. The van der Waals surface area contributed by atoms with Gasteiger partial charge in [-0.1, -0.05) is 0 Å². The Labute approximate surface area is 107 Å². The number of hydrogen-bond acceptors (Lipinski definition) is 4. The molecule has 0 atom stereocenters.